The van der Waals surface area contributed by atoms with Crippen LogP contribution in [0, 0.1) is 0 Å². The number of nitrogens with zero attached hydrogens (tertiary/aromatic N) is 3. The summed E-state index contributed by atoms with van der Waals surface area (Å²) in [5, 5.41) is 0. The summed E-state index contributed by atoms with van der Waals surface area (Å²) < 4.78 is 14.7. The molecule has 0 fully saturated rings. The smallest absolute Gasteiger partial charge is 0.410 e. The van der Waals surface area contributed by atoms with E-state index in [1.807, 2.05) is 26.8 Å². The number of aromatic nitrogens is 2. The molecule has 0 saturated heterocycles. The molecule has 0 unspecified atom stereocenters. The predicted molar refractivity (Wildman–Crippen MR) is 132 cm³/mol. The zero-order valence-corrected chi connectivity index (χ0v) is 21.5. The minimum atomic E-state index is -1.16. The summed E-state index contributed by atoms with van der Waals surface area (Å²) in [7, 11) is 0.634. The average Bonchev–Trinajstić information content (AvgIpc) is 2.93. The Hall–Kier alpha value is -2.32. The number of carbonyl (C=O) groups excluding carboxylic acids is 1. The van der Waals surface area contributed by atoms with Crippen molar-refractivity contribution < 1.29 is 14.3 Å². The van der Waals surface area contributed by atoms with Crippen molar-refractivity contribution in [1.29, 1.82) is 0 Å². The van der Waals surface area contributed by atoms with Gasteiger partial charge in [0, 0.05) is 34.8 Å². The Balaban J connectivity index is 1.74. The van der Waals surface area contributed by atoms with E-state index < -0.39 is 13.7 Å². The maximum absolute atomic E-state index is 12.8. The summed E-state index contributed by atoms with van der Waals surface area (Å²) in [4.78, 5) is 26.8. The van der Waals surface area contributed by atoms with Crippen LogP contribution in [0.5, 0.6) is 0 Å². The Morgan fingerprint density at radius 2 is 1.88 bits per heavy atom. The fraction of sp³-hybridized carbons (Fsp3) is 0.583. The Kier molecular flexibility index (Phi) is 7.05. The lowest BCUT2D eigenvalue weighted by atomic mass is 9.99. The third-order valence-electron chi connectivity index (χ3n) is 5.59. The second kappa shape index (κ2) is 9.27. The summed E-state index contributed by atoms with van der Waals surface area (Å²) in [6, 6.07) is 7.18. The molecule has 0 spiro atoms. The first-order chi connectivity index (χ1) is 14.9. The van der Waals surface area contributed by atoms with Crippen molar-refractivity contribution in [2.45, 2.75) is 65.2 Å². The standard InChI is InChI=1S/C24H37N3O4Si/c1-24(2,3)31-23(29)26-12-10-18(11-13-26)19-8-9-20-21(16-19)25(4)22(28)27(20)17-30-14-15-32(5,6)7/h8-10,16H,11-15,17H2,1-7H3. The molecule has 1 aromatic heterocycles. The fourth-order valence-corrected chi connectivity index (χ4v) is 4.45. The molecule has 1 amide bonds. The van der Waals surface area contributed by atoms with Gasteiger partial charge in [-0.1, -0.05) is 31.8 Å². The van der Waals surface area contributed by atoms with Gasteiger partial charge in [-0.3, -0.25) is 9.13 Å². The zero-order chi connectivity index (χ0) is 23.7. The van der Waals surface area contributed by atoms with E-state index in [1.54, 1.807) is 21.1 Å². The number of benzene rings is 1. The van der Waals surface area contributed by atoms with Gasteiger partial charge in [0.15, 0.2) is 0 Å². The molecule has 2 aromatic rings. The molecule has 0 saturated carbocycles. The number of rotatable bonds is 6. The first kappa shape index (κ1) is 24.3. The first-order valence-electron chi connectivity index (χ1n) is 11.3. The molecule has 0 N–H and O–H groups in total. The number of imidazole rings is 1. The van der Waals surface area contributed by atoms with Crippen molar-refractivity contribution in [2.75, 3.05) is 19.7 Å². The summed E-state index contributed by atoms with van der Waals surface area (Å²) in [6.07, 6.45) is 2.54. The molecule has 0 aliphatic carbocycles. The highest BCUT2D eigenvalue weighted by atomic mass is 28.3. The third kappa shape index (κ3) is 5.92. The van der Waals surface area contributed by atoms with Gasteiger partial charge in [-0.2, -0.15) is 0 Å². The van der Waals surface area contributed by atoms with Crippen molar-refractivity contribution in [3.05, 3.63) is 40.3 Å². The molecule has 8 heteroatoms. The number of hydrogen-bond acceptors (Lipinski definition) is 4. The van der Waals surface area contributed by atoms with Gasteiger partial charge in [0.1, 0.15) is 12.3 Å². The molecular weight excluding hydrogens is 422 g/mol. The lowest BCUT2D eigenvalue weighted by Crippen LogP contribution is -2.39. The second-order valence-electron chi connectivity index (χ2n) is 10.7. The summed E-state index contributed by atoms with van der Waals surface area (Å²) in [5.74, 6) is 0. The third-order valence-corrected chi connectivity index (χ3v) is 7.30. The quantitative estimate of drug-likeness (QED) is 0.465. The highest BCUT2D eigenvalue weighted by molar-refractivity contribution is 6.76. The van der Waals surface area contributed by atoms with Crippen LogP contribution >= 0.6 is 0 Å². The van der Waals surface area contributed by atoms with Gasteiger partial charge in [-0.25, -0.2) is 9.59 Å². The maximum Gasteiger partial charge on any atom is 0.410 e. The van der Waals surface area contributed by atoms with Gasteiger partial charge in [0.25, 0.3) is 0 Å². The van der Waals surface area contributed by atoms with E-state index in [-0.39, 0.29) is 18.5 Å². The number of hydrogen-bond donors (Lipinski definition) is 0. The van der Waals surface area contributed by atoms with E-state index in [0.717, 1.165) is 29.1 Å². The minimum Gasteiger partial charge on any atom is -0.444 e. The molecular formula is C24H37N3O4Si. The minimum absolute atomic E-state index is 0.0705. The normalized spacial score (nSPS) is 15.2. The van der Waals surface area contributed by atoms with E-state index in [0.29, 0.717) is 19.7 Å². The van der Waals surface area contributed by atoms with Gasteiger partial charge in [0.2, 0.25) is 0 Å². The van der Waals surface area contributed by atoms with Crippen molar-refractivity contribution in [3.8, 4) is 0 Å². The van der Waals surface area contributed by atoms with Crippen molar-refractivity contribution >= 4 is 30.8 Å². The lowest BCUT2D eigenvalue weighted by Gasteiger charge is -2.29. The molecule has 3 rings (SSSR count). The van der Waals surface area contributed by atoms with E-state index in [4.69, 9.17) is 9.47 Å². The number of carbonyl (C=O) groups is 1. The molecule has 1 aliphatic heterocycles. The van der Waals surface area contributed by atoms with Gasteiger partial charge in [-0.05, 0) is 56.5 Å². The van der Waals surface area contributed by atoms with E-state index in [2.05, 4.69) is 37.8 Å². The van der Waals surface area contributed by atoms with Crippen LogP contribution in [-0.4, -0.2) is 53.5 Å². The summed E-state index contributed by atoms with van der Waals surface area (Å²) in [5.41, 5.74) is 3.45. The van der Waals surface area contributed by atoms with Gasteiger partial charge in [0.05, 0.1) is 11.0 Å². The summed E-state index contributed by atoms with van der Waals surface area (Å²) >= 11 is 0. The molecule has 2 heterocycles. The van der Waals surface area contributed by atoms with Crippen molar-refractivity contribution in [3.63, 3.8) is 0 Å². The van der Waals surface area contributed by atoms with Crippen LogP contribution < -0.4 is 5.69 Å². The molecule has 0 bridgehead atoms. The highest BCUT2D eigenvalue weighted by Gasteiger charge is 2.24. The SMILES string of the molecule is Cn1c(=O)n(COCC[Si](C)(C)C)c2ccc(C3=CCN(C(=O)OC(C)(C)C)CC3)cc21. The monoisotopic (exact) mass is 459 g/mol. The average molecular weight is 460 g/mol. The predicted octanol–water partition coefficient (Wildman–Crippen LogP) is 4.68. The Morgan fingerprint density at radius 1 is 1.16 bits per heavy atom. The second-order valence-corrected chi connectivity index (χ2v) is 16.3. The molecule has 176 valence electrons. The Labute approximate surface area is 191 Å². The van der Waals surface area contributed by atoms with Crippen LogP contribution in [-0.2, 0) is 23.3 Å². The van der Waals surface area contributed by atoms with Gasteiger partial charge >= 0.3 is 11.8 Å². The van der Waals surface area contributed by atoms with Crippen molar-refractivity contribution in [1.82, 2.24) is 14.0 Å². The van der Waals surface area contributed by atoms with Crippen LogP contribution in [0.4, 0.5) is 4.79 Å². The first-order valence-corrected chi connectivity index (χ1v) is 15.0. The van der Waals surface area contributed by atoms with E-state index in [9.17, 15) is 9.59 Å². The van der Waals surface area contributed by atoms with E-state index in [1.165, 1.54) is 5.57 Å². The maximum atomic E-state index is 12.8. The largest absolute Gasteiger partial charge is 0.444 e. The van der Waals surface area contributed by atoms with Crippen LogP contribution in [0.2, 0.25) is 25.7 Å². The Bertz CT molecular complexity index is 1070. The topological polar surface area (TPSA) is 65.7 Å². The van der Waals surface area contributed by atoms with Crippen molar-refractivity contribution in [2.24, 2.45) is 7.05 Å². The Morgan fingerprint density at radius 3 is 2.47 bits per heavy atom. The summed E-state index contributed by atoms with van der Waals surface area (Å²) in [6.45, 7) is 14.7. The molecule has 7 nitrogen and oxygen atoms in total. The lowest BCUT2D eigenvalue weighted by molar-refractivity contribution is 0.0270. The van der Waals surface area contributed by atoms with Crippen LogP contribution in [0.1, 0.15) is 32.8 Å². The molecule has 0 radical (unpaired) electrons. The fourth-order valence-electron chi connectivity index (χ4n) is 3.69. The van der Waals surface area contributed by atoms with Gasteiger partial charge in [-0.15, -0.1) is 0 Å². The van der Waals surface area contributed by atoms with Gasteiger partial charge < -0.3 is 14.4 Å². The zero-order valence-electron chi connectivity index (χ0n) is 20.5. The van der Waals surface area contributed by atoms with Crippen LogP contribution in [0.25, 0.3) is 16.6 Å². The van der Waals surface area contributed by atoms with Crippen LogP contribution in [0.15, 0.2) is 29.1 Å². The number of amides is 1. The number of ether oxygens (including phenoxy) is 2. The number of fused-ring (bicyclic) bond motifs is 1. The molecule has 0 atom stereocenters. The van der Waals surface area contributed by atoms with E-state index >= 15 is 0 Å². The highest BCUT2D eigenvalue weighted by Crippen LogP contribution is 2.26. The molecule has 1 aliphatic rings. The molecule has 32 heavy (non-hydrogen) atoms. The number of aryl methyl sites for hydroxylation is 1. The van der Waals surface area contributed by atoms with Crippen LogP contribution in [0.3, 0.4) is 0 Å². The molecule has 1 aromatic carbocycles.